The van der Waals surface area contributed by atoms with Crippen molar-refractivity contribution in [3.8, 4) is 28.9 Å². The van der Waals surface area contributed by atoms with Gasteiger partial charge in [0.15, 0.2) is 22.8 Å². The van der Waals surface area contributed by atoms with Gasteiger partial charge in [0.1, 0.15) is 11.5 Å². The van der Waals surface area contributed by atoms with E-state index in [0.29, 0.717) is 6.07 Å². The topological polar surface area (TPSA) is 87.1 Å². The van der Waals surface area contributed by atoms with Gasteiger partial charge in [-0.05, 0) is 12.1 Å². The summed E-state index contributed by atoms with van der Waals surface area (Å²) in [7, 11) is 1.95. The maximum atomic E-state index is 13.0. The molecule has 0 unspecified atom stereocenters. The maximum Gasteiger partial charge on any atom is 0.573 e. The third-order valence-electron chi connectivity index (χ3n) is 3.24. The van der Waals surface area contributed by atoms with Crippen molar-refractivity contribution in [1.82, 2.24) is 4.98 Å². The van der Waals surface area contributed by atoms with Crippen molar-refractivity contribution in [3.63, 3.8) is 0 Å². The zero-order valence-electron chi connectivity index (χ0n) is 14.5. The number of carboxylic acids is 1. The Morgan fingerprint density at radius 1 is 0.966 bits per heavy atom. The predicted octanol–water partition coefficient (Wildman–Crippen LogP) is 4.51. The van der Waals surface area contributed by atoms with Gasteiger partial charge < -0.3 is 24.1 Å². The molecule has 2 rings (SSSR count). The highest BCUT2D eigenvalue weighted by atomic mass is 19.4. The van der Waals surface area contributed by atoms with Crippen molar-refractivity contribution in [2.75, 3.05) is 14.2 Å². The van der Waals surface area contributed by atoms with Gasteiger partial charge in [-0.1, -0.05) is 0 Å². The zero-order chi connectivity index (χ0) is 22.0. The smallest absolute Gasteiger partial charge is 0.493 e. The van der Waals surface area contributed by atoms with E-state index in [2.05, 4.69) is 14.5 Å². The summed E-state index contributed by atoms with van der Waals surface area (Å²) in [5.74, 6) is -4.85. The maximum absolute atomic E-state index is 13.0. The molecule has 29 heavy (non-hydrogen) atoms. The highest BCUT2D eigenvalue weighted by Gasteiger charge is 2.36. The number of nitrogens with zero attached hydrogens (tertiary/aromatic N) is 1. The lowest BCUT2D eigenvalue weighted by Crippen LogP contribution is -2.17. The summed E-state index contributed by atoms with van der Waals surface area (Å²) in [6.07, 6.45) is -9.96. The molecule has 1 aromatic heterocycles. The van der Waals surface area contributed by atoms with Gasteiger partial charge in [-0.25, -0.2) is 9.78 Å². The molecule has 1 N–H and O–H groups in total. The van der Waals surface area contributed by atoms with E-state index in [-0.39, 0.29) is 11.5 Å². The average molecular weight is 427 g/mol. The number of hydrogen-bond acceptors (Lipinski definition) is 6. The molecule has 0 saturated carbocycles. The van der Waals surface area contributed by atoms with E-state index < -0.39 is 47.1 Å². The van der Waals surface area contributed by atoms with Crippen molar-refractivity contribution in [2.24, 2.45) is 0 Å². The molecule has 2 aromatic rings. The highest BCUT2D eigenvalue weighted by Crippen LogP contribution is 2.41. The van der Waals surface area contributed by atoms with E-state index in [1.807, 2.05) is 0 Å². The van der Waals surface area contributed by atoms with Gasteiger partial charge in [0, 0.05) is 12.1 Å². The van der Waals surface area contributed by atoms with Crippen LogP contribution in [-0.2, 0) is 6.18 Å². The Labute approximate surface area is 158 Å². The van der Waals surface area contributed by atoms with Crippen molar-refractivity contribution >= 4 is 5.97 Å². The number of pyridine rings is 1. The van der Waals surface area contributed by atoms with E-state index in [0.717, 1.165) is 32.4 Å². The Bertz CT molecular complexity index is 912. The van der Waals surface area contributed by atoms with E-state index in [4.69, 9.17) is 9.47 Å². The predicted molar refractivity (Wildman–Crippen MR) is 82.5 cm³/mol. The first-order chi connectivity index (χ1) is 13.4. The van der Waals surface area contributed by atoms with Crippen LogP contribution in [0.1, 0.15) is 16.1 Å². The Morgan fingerprint density at radius 2 is 1.62 bits per heavy atom. The molecule has 0 atom stereocenters. The monoisotopic (exact) mass is 427 g/mol. The van der Waals surface area contributed by atoms with Crippen LogP contribution in [-0.4, -0.2) is 36.6 Å². The molecular weight excluding hydrogens is 416 g/mol. The molecular formula is C16H11F6NO6. The Balaban J connectivity index is 2.56. The summed E-state index contributed by atoms with van der Waals surface area (Å²) in [4.78, 5) is 14.6. The molecule has 1 aromatic carbocycles. The number of benzene rings is 1. The Hall–Kier alpha value is -3.38. The number of methoxy groups -OCH3 is 2. The Morgan fingerprint density at radius 3 is 2.10 bits per heavy atom. The van der Waals surface area contributed by atoms with Gasteiger partial charge in [-0.2, -0.15) is 13.2 Å². The number of ether oxygens (including phenoxy) is 4. The van der Waals surface area contributed by atoms with Crippen LogP contribution in [0.5, 0.6) is 28.9 Å². The zero-order valence-corrected chi connectivity index (χ0v) is 14.5. The van der Waals surface area contributed by atoms with Crippen LogP contribution in [0, 0.1) is 0 Å². The second-order valence-electron chi connectivity index (χ2n) is 5.16. The summed E-state index contributed by atoms with van der Waals surface area (Å²) in [6.45, 7) is 0. The van der Waals surface area contributed by atoms with Gasteiger partial charge in [0.25, 0.3) is 0 Å². The Kier molecular flexibility index (Phi) is 5.99. The van der Waals surface area contributed by atoms with Crippen molar-refractivity contribution in [2.45, 2.75) is 12.5 Å². The average Bonchev–Trinajstić information content (AvgIpc) is 2.59. The van der Waals surface area contributed by atoms with Gasteiger partial charge >= 0.3 is 18.5 Å². The van der Waals surface area contributed by atoms with E-state index >= 15 is 0 Å². The van der Waals surface area contributed by atoms with Crippen LogP contribution in [0.2, 0.25) is 0 Å². The summed E-state index contributed by atoms with van der Waals surface area (Å²) < 4.78 is 94.4. The van der Waals surface area contributed by atoms with Crippen molar-refractivity contribution in [1.29, 1.82) is 0 Å². The second kappa shape index (κ2) is 7.93. The molecule has 0 aliphatic rings. The molecule has 0 amide bonds. The molecule has 0 bridgehead atoms. The largest absolute Gasteiger partial charge is 0.573 e. The molecule has 0 radical (unpaired) electrons. The van der Waals surface area contributed by atoms with Crippen molar-refractivity contribution in [3.05, 3.63) is 35.5 Å². The minimum Gasteiger partial charge on any atom is -0.493 e. The molecule has 0 aliphatic heterocycles. The first-order valence-corrected chi connectivity index (χ1v) is 7.37. The molecule has 0 spiro atoms. The molecule has 1 heterocycles. The SMILES string of the molecule is COc1cc(OC(F)(F)F)ccc1Oc1cc(C(F)(F)F)nc(OC)c1C(=O)O. The van der Waals surface area contributed by atoms with Gasteiger partial charge in [0.2, 0.25) is 5.88 Å². The highest BCUT2D eigenvalue weighted by molar-refractivity contribution is 5.93. The number of rotatable bonds is 6. The van der Waals surface area contributed by atoms with Crippen LogP contribution in [0.15, 0.2) is 24.3 Å². The fourth-order valence-electron chi connectivity index (χ4n) is 2.12. The third kappa shape index (κ3) is 5.33. The lowest BCUT2D eigenvalue weighted by Gasteiger charge is -2.17. The molecule has 7 nitrogen and oxygen atoms in total. The minimum atomic E-state index is -5.00. The summed E-state index contributed by atoms with van der Waals surface area (Å²) in [6, 6.07) is 2.76. The second-order valence-corrected chi connectivity index (χ2v) is 5.16. The van der Waals surface area contributed by atoms with Crippen LogP contribution < -0.4 is 18.9 Å². The lowest BCUT2D eigenvalue weighted by atomic mass is 10.2. The summed E-state index contributed by atoms with van der Waals surface area (Å²) in [5.41, 5.74) is -2.34. The standard InChI is InChI=1S/C16H11F6NO6/c1-26-9-5-7(29-16(20,21)22)3-4-8(9)28-10-6-11(15(17,18)19)23-13(27-2)12(10)14(24)25/h3-6H,1-2H3,(H,24,25). The van der Waals surface area contributed by atoms with E-state index in [1.54, 1.807) is 0 Å². The molecule has 158 valence electrons. The van der Waals surface area contributed by atoms with E-state index in [9.17, 15) is 36.2 Å². The quantitative estimate of drug-likeness (QED) is 0.679. The number of aromatic nitrogens is 1. The number of hydrogen-bond donors (Lipinski definition) is 1. The van der Waals surface area contributed by atoms with Crippen LogP contribution in [0.25, 0.3) is 0 Å². The third-order valence-corrected chi connectivity index (χ3v) is 3.24. The minimum absolute atomic E-state index is 0.311. The fourth-order valence-corrected chi connectivity index (χ4v) is 2.12. The lowest BCUT2D eigenvalue weighted by molar-refractivity contribution is -0.274. The first-order valence-electron chi connectivity index (χ1n) is 7.37. The van der Waals surface area contributed by atoms with Crippen LogP contribution in [0.3, 0.4) is 0 Å². The number of carbonyl (C=O) groups is 1. The van der Waals surface area contributed by atoms with Gasteiger partial charge in [-0.3, -0.25) is 0 Å². The molecule has 0 aliphatic carbocycles. The number of alkyl halides is 6. The summed E-state index contributed by atoms with van der Waals surface area (Å²) in [5, 5.41) is 9.29. The number of aromatic carboxylic acids is 1. The van der Waals surface area contributed by atoms with Crippen LogP contribution in [0.4, 0.5) is 26.3 Å². The fraction of sp³-hybridized carbons (Fsp3) is 0.250. The van der Waals surface area contributed by atoms with Crippen molar-refractivity contribution < 1.29 is 55.2 Å². The summed E-state index contributed by atoms with van der Waals surface area (Å²) >= 11 is 0. The number of carboxylic acid groups (broad SMARTS) is 1. The van der Waals surface area contributed by atoms with Gasteiger partial charge in [-0.15, -0.1) is 13.2 Å². The number of halogens is 6. The molecule has 13 heteroatoms. The normalized spacial score (nSPS) is 11.7. The van der Waals surface area contributed by atoms with E-state index in [1.165, 1.54) is 0 Å². The van der Waals surface area contributed by atoms with Gasteiger partial charge in [0.05, 0.1) is 14.2 Å². The molecule has 0 fully saturated rings. The van der Waals surface area contributed by atoms with Crippen LogP contribution >= 0.6 is 0 Å². The first kappa shape index (κ1) is 21.9. The molecule has 0 saturated heterocycles.